The monoisotopic (exact) mass is 306 g/mol. The fraction of sp³-hybridized carbons (Fsp3) is 0.706. The van der Waals surface area contributed by atoms with Crippen LogP contribution in [0.25, 0.3) is 0 Å². The van der Waals surface area contributed by atoms with E-state index in [1.165, 1.54) is 17.7 Å². The molecule has 1 saturated heterocycles. The molecular formula is C17H26N2OS. The Morgan fingerprint density at radius 2 is 2.05 bits per heavy atom. The molecule has 0 bridgehead atoms. The first-order chi connectivity index (χ1) is 10.3. The summed E-state index contributed by atoms with van der Waals surface area (Å²) >= 11 is 1.77. The van der Waals surface area contributed by atoms with Gasteiger partial charge in [0.05, 0.1) is 11.5 Å². The quantitative estimate of drug-likeness (QED) is 0.865. The molecule has 3 nitrogen and oxygen atoms in total. The van der Waals surface area contributed by atoms with Gasteiger partial charge in [0, 0.05) is 18.0 Å². The molecule has 0 aromatic carbocycles. The summed E-state index contributed by atoms with van der Waals surface area (Å²) < 4.78 is 0. The Balaban J connectivity index is 1.82. The van der Waals surface area contributed by atoms with Gasteiger partial charge in [-0.3, -0.25) is 4.79 Å². The first-order valence-corrected chi connectivity index (χ1v) is 9.19. The molecule has 1 aromatic heterocycles. The van der Waals surface area contributed by atoms with Crippen LogP contribution in [0.1, 0.15) is 62.3 Å². The lowest BCUT2D eigenvalue weighted by molar-refractivity contribution is -0.143. The van der Waals surface area contributed by atoms with Crippen LogP contribution in [0.3, 0.4) is 0 Å². The van der Waals surface area contributed by atoms with Gasteiger partial charge in [-0.1, -0.05) is 31.7 Å². The van der Waals surface area contributed by atoms with Gasteiger partial charge in [-0.05, 0) is 37.1 Å². The summed E-state index contributed by atoms with van der Waals surface area (Å²) in [7, 11) is 0. The number of rotatable bonds is 3. The standard InChI is InChI=1S/C17H26N2OS/c18-13-17(9-3-1-2-4-10-17)16(20)19-11-5-7-14(19)15-8-6-12-21-15/h6,8,12,14H,1-5,7,9-11,13,18H2. The zero-order valence-corrected chi connectivity index (χ0v) is 13.5. The van der Waals surface area contributed by atoms with Gasteiger partial charge in [0.2, 0.25) is 5.91 Å². The second kappa shape index (κ2) is 6.49. The van der Waals surface area contributed by atoms with Crippen LogP contribution in [-0.4, -0.2) is 23.9 Å². The number of hydrogen-bond acceptors (Lipinski definition) is 3. The van der Waals surface area contributed by atoms with E-state index in [4.69, 9.17) is 5.73 Å². The summed E-state index contributed by atoms with van der Waals surface area (Å²) in [6.45, 7) is 1.42. The van der Waals surface area contributed by atoms with Crippen molar-refractivity contribution in [3.8, 4) is 0 Å². The second-order valence-electron chi connectivity index (χ2n) is 6.57. The summed E-state index contributed by atoms with van der Waals surface area (Å²) in [6, 6.07) is 4.55. The van der Waals surface area contributed by atoms with Crippen molar-refractivity contribution in [3.63, 3.8) is 0 Å². The van der Waals surface area contributed by atoms with Gasteiger partial charge in [-0.15, -0.1) is 11.3 Å². The minimum Gasteiger partial charge on any atom is -0.334 e. The van der Waals surface area contributed by atoms with Crippen molar-refractivity contribution in [3.05, 3.63) is 22.4 Å². The number of nitrogens with zero attached hydrogens (tertiary/aromatic N) is 1. The molecule has 1 amide bonds. The van der Waals surface area contributed by atoms with Gasteiger partial charge in [-0.2, -0.15) is 0 Å². The van der Waals surface area contributed by atoms with E-state index >= 15 is 0 Å². The highest BCUT2D eigenvalue weighted by atomic mass is 32.1. The molecule has 21 heavy (non-hydrogen) atoms. The zero-order valence-electron chi connectivity index (χ0n) is 12.7. The van der Waals surface area contributed by atoms with E-state index < -0.39 is 0 Å². The Morgan fingerprint density at radius 1 is 1.29 bits per heavy atom. The maximum Gasteiger partial charge on any atom is 0.230 e. The average molecular weight is 306 g/mol. The lowest BCUT2D eigenvalue weighted by Gasteiger charge is -2.36. The molecule has 1 aliphatic heterocycles. The van der Waals surface area contributed by atoms with E-state index in [-0.39, 0.29) is 5.41 Å². The summed E-state index contributed by atoms with van der Waals surface area (Å²) in [5, 5.41) is 2.11. The van der Waals surface area contributed by atoms with Crippen molar-refractivity contribution in [2.45, 2.75) is 57.4 Å². The third-order valence-corrected chi connectivity index (χ3v) is 6.26. The van der Waals surface area contributed by atoms with E-state index in [1.54, 1.807) is 11.3 Å². The highest BCUT2D eigenvalue weighted by molar-refractivity contribution is 7.10. The number of carbonyl (C=O) groups is 1. The Labute approximate surface area is 131 Å². The van der Waals surface area contributed by atoms with E-state index in [1.807, 2.05) is 0 Å². The maximum absolute atomic E-state index is 13.3. The topological polar surface area (TPSA) is 46.3 Å². The third kappa shape index (κ3) is 2.88. The van der Waals surface area contributed by atoms with Crippen molar-refractivity contribution in [1.29, 1.82) is 0 Å². The minimum atomic E-state index is -0.281. The smallest absolute Gasteiger partial charge is 0.230 e. The van der Waals surface area contributed by atoms with Gasteiger partial charge in [0.25, 0.3) is 0 Å². The number of amides is 1. The highest BCUT2D eigenvalue weighted by Crippen LogP contribution is 2.41. The molecule has 1 aliphatic carbocycles. The molecule has 1 saturated carbocycles. The Morgan fingerprint density at radius 3 is 2.67 bits per heavy atom. The Hall–Kier alpha value is -0.870. The lowest BCUT2D eigenvalue weighted by atomic mass is 9.78. The van der Waals surface area contributed by atoms with E-state index in [2.05, 4.69) is 22.4 Å². The first kappa shape index (κ1) is 15.0. The molecule has 0 radical (unpaired) electrons. The number of thiophene rings is 1. The molecule has 2 aliphatic rings. The van der Waals surface area contributed by atoms with Crippen molar-refractivity contribution < 1.29 is 4.79 Å². The van der Waals surface area contributed by atoms with Crippen LogP contribution >= 0.6 is 11.3 Å². The van der Waals surface area contributed by atoms with Crippen LogP contribution in [0.4, 0.5) is 0 Å². The number of carbonyl (C=O) groups excluding carboxylic acids is 1. The van der Waals surface area contributed by atoms with E-state index in [0.717, 1.165) is 45.1 Å². The predicted molar refractivity (Wildman–Crippen MR) is 87.2 cm³/mol. The first-order valence-electron chi connectivity index (χ1n) is 8.31. The Bertz CT molecular complexity index is 463. The van der Waals surface area contributed by atoms with Crippen LogP contribution < -0.4 is 5.73 Å². The largest absolute Gasteiger partial charge is 0.334 e. The SMILES string of the molecule is NCC1(C(=O)N2CCCC2c2cccs2)CCCCCC1. The van der Waals surface area contributed by atoms with Crippen molar-refractivity contribution in [1.82, 2.24) is 4.90 Å². The van der Waals surface area contributed by atoms with Crippen molar-refractivity contribution in [2.24, 2.45) is 11.1 Å². The summed E-state index contributed by atoms with van der Waals surface area (Å²) in [6.07, 6.45) is 9.00. The van der Waals surface area contributed by atoms with E-state index in [0.29, 0.717) is 18.5 Å². The number of hydrogen-bond donors (Lipinski definition) is 1. The average Bonchev–Trinajstić information content (AvgIpc) is 3.13. The van der Waals surface area contributed by atoms with Crippen LogP contribution in [0.2, 0.25) is 0 Å². The zero-order chi connectivity index (χ0) is 14.7. The molecule has 1 aromatic rings. The van der Waals surface area contributed by atoms with Crippen molar-refractivity contribution in [2.75, 3.05) is 13.1 Å². The molecule has 1 atom stereocenters. The molecule has 1 unspecified atom stereocenters. The molecule has 116 valence electrons. The summed E-state index contributed by atoms with van der Waals surface area (Å²) in [4.78, 5) is 16.7. The van der Waals surface area contributed by atoms with E-state index in [9.17, 15) is 4.79 Å². The predicted octanol–water partition coefficient (Wildman–Crippen LogP) is 3.71. The van der Waals surface area contributed by atoms with Gasteiger partial charge >= 0.3 is 0 Å². The highest BCUT2D eigenvalue weighted by Gasteiger charge is 2.43. The molecule has 0 spiro atoms. The second-order valence-corrected chi connectivity index (χ2v) is 7.55. The molecule has 2 heterocycles. The van der Waals surface area contributed by atoms with Crippen LogP contribution in [0, 0.1) is 5.41 Å². The van der Waals surface area contributed by atoms with Gasteiger partial charge < -0.3 is 10.6 Å². The van der Waals surface area contributed by atoms with Gasteiger partial charge in [0.1, 0.15) is 0 Å². The van der Waals surface area contributed by atoms with Crippen LogP contribution in [0.5, 0.6) is 0 Å². The molecule has 2 fully saturated rings. The van der Waals surface area contributed by atoms with Gasteiger partial charge in [-0.25, -0.2) is 0 Å². The van der Waals surface area contributed by atoms with Crippen LogP contribution in [0.15, 0.2) is 17.5 Å². The van der Waals surface area contributed by atoms with Gasteiger partial charge in [0.15, 0.2) is 0 Å². The van der Waals surface area contributed by atoms with Crippen LogP contribution in [-0.2, 0) is 4.79 Å². The lowest BCUT2D eigenvalue weighted by Crippen LogP contribution is -2.47. The maximum atomic E-state index is 13.3. The number of likely N-dealkylation sites (tertiary alicyclic amines) is 1. The van der Waals surface area contributed by atoms with Crippen molar-refractivity contribution >= 4 is 17.2 Å². The fourth-order valence-corrected chi connectivity index (χ4v) is 4.88. The molecule has 4 heteroatoms. The summed E-state index contributed by atoms with van der Waals surface area (Å²) in [5.41, 5.74) is 5.81. The summed E-state index contributed by atoms with van der Waals surface area (Å²) in [5.74, 6) is 0.336. The molecular weight excluding hydrogens is 280 g/mol. The molecule has 3 rings (SSSR count). The molecule has 2 N–H and O–H groups in total. The number of nitrogens with two attached hydrogens (primary N) is 1. The fourth-order valence-electron chi connectivity index (χ4n) is 4.00. The Kier molecular flexibility index (Phi) is 4.65. The minimum absolute atomic E-state index is 0.281. The normalized spacial score (nSPS) is 25.8. The third-order valence-electron chi connectivity index (χ3n) is 5.29.